The molecule has 2 unspecified atom stereocenters. The number of carbonyl (C=O) groups excluding carboxylic acids is 1. The first kappa shape index (κ1) is 17.9. The molecule has 1 fully saturated rings. The number of hydrogen-bond donors (Lipinski definition) is 3. The molecule has 0 bridgehead atoms. The maximum absolute atomic E-state index is 11.8. The fraction of sp³-hybridized carbons (Fsp3) is 0.857. The van der Waals surface area contributed by atoms with E-state index >= 15 is 0 Å². The lowest BCUT2D eigenvalue weighted by atomic mass is 10.0. The molecule has 0 aromatic rings. The molecule has 0 aromatic heterocycles. The number of nitrogens with one attached hydrogen (secondary N) is 1. The van der Waals surface area contributed by atoms with Crippen molar-refractivity contribution < 1.29 is 14.7 Å². The van der Waals surface area contributed by atoms with Gasteiger partial charge in [0.2, 0.25) is 5.91 Å². The van der Waals surface area contributed by atoms with Crippen LogP contribution in [-0.4, -0.2) is 78.6 Å². The van der Waals surface area contributed by atoms with E-state index in [1.807, 2.05) is 0 Å². The molecule has 21 heavy (non-hydrogen) atoms. The molecule has 0 aromatic carbocycles. The summed E-state index contributed by atoms with van der Waals surface area (Å²) in [5.74, 6) is -1.04. The van der Waals surface area contributed by atoms with Crippen LogP contribution >= 0.6 is 0 Å². The monoisotopic (exact) mass is 300 g/mol. The predicted molar refractivity (Wildman–Crippen MR) is 80.9 cm³/mol. The number of aliphatic carboxylic acids is 1. The molecule has 1 rings (SSSR count). The van der Waals surface area contributed by atoms with Crippen molar-refractivity contribution in [2.75, 3.05) is 39.8 Å². The van der Waals surface area contributed by atoms with E-state index in [9.17, 15) is 9.59 Å². The van der Waals surface area contributed by atoms with Gasteiger partial charge in [0.25, 0.3) is 0 Å². The number of carboxylic acids is 1. The first-order chi connectivity index (χ1) is 9.81. The van der Waals surface area contributed by atoms with Gasteiger partial charge in [-0.05, 0) is 13.0 Å². The summed E-state index contributed by atoms with van der Waals surface area (Å²) < 4.78 is 0. The molecule has 1 saturated heterocycles. The highest BCUT2D eigenvalue weighted by Gasteiger charge is 2.26. The minimum absolute atomic E-state index is 0.250. The quantitative estimate of drug-likeness (QED) is 0.568. The molecule has 1 amide bonds. The minimum Gasteiger partial charge on any atom is -0.481 e. The third-order valence-electron chi connectivity index (χ3n) is 3.99. The van der Waals surface area contributed by atoms with Gasteiger partial charge in [0, 0.05) is 38.8 Å². The molecule has 0 aliphatic carbocycles. The minimum atomic E-state index is -1.06. The van der Waals surface area contributed by atoms with Gasteiger partial charge in [0.05, 0.1) is 12.5 Å². The van der Waals surface area contributed by atoms with Gasteiger partial charge in [-0.1, -0.05) is 13.8 Å². The fourth-order valence-corrected chi connectivity index (χ4v) is 2.56. The van der Waals surface area contributed by atoms with Gasteiger partial charge in [0.1, 0.15) is 0 Å². The molecule has 122 valence electrons. The Labute approximate surface area is 126 Å². The molecule has 1 heterocycles. The summed E-state index contributed by atoms with van der Waals surface area (Å²) in [6.07, 6.45) is -0.341. The molecule has 7 nitrogen and oxygen atoms in total. The zero-order chi connectivity index (χ0) is 16.0. The summed E-state index contributed by atoms with van der Waals surface area (Å²) in [7, 11) is 2.11. The van der Waals surface area contributed by atoms with E-state index in [1.165, 1.54) is 0 Å². The second kappa shape index (κ2) is 8.31. The van der Waals surface area contributed by atoms with E-state index in [1.54, 1.807) is 0 Å². The molecule has 2 atom stereocenters. The van der Waals surface area contributed by atoms with E-state index in [4.69, 9.17) is 10.8 Å². The van der Waals surface area contributed by atoms with Crippen LogP contribution in [0.2, 0.25) is 0 Å². The molecular weight excluding hydrogens is 272 g/mol. The van der Waals surface area contributed by atoms with Crippen molar-refractivity contribution in [1.29, 1.82) is 0 Å². The van der Waals surface area contributed by atoms with Crippen molar-refractivity contribution >= 4 is 11.9 Å². The maximum atomic E-state index is 11.8. The van der Waals surface area contributed by atoms with Gasteiger partial charge in [0.15, 0.2) is 0 Å². The number of carbonyl (C=O) groups is 2. The van der Waals surface area contributed by atoms with Gasteiger partial charge < -0.3 is 21.1 Å². The number of rotatable bonds is 7. The Hall–Kier alpha value is -1.18. The molecule has 1 aliphatic heterocycles. The van der Waals surface area contributed by atoms with E-state index in [2.05, 4.69) is 36.0 Å². The Morgan fingerprint density at radius 3 is 2.29 bits per heavy atom. The van der Waals surface area contributed by atoms with Crippen molar-refractivity contribution in [3.8, 4) is 0 Å². The van der Waals surface area contributed by atoms with Crippen molar-refractivity contribution in [3.63, 3.8) is 0 Å². The van der Waals surface area contributed by atoms with Crippen LogP contribution in [0.4, 0.5) is 0 Å². The van der Waals surface area contributed by atoms with Gasteiger partial charge in [-0.15, -0.1) is 0 Å². The summed E-state index contributed by atoms with van der Waals surface area (Å²) >= 11 is 0. The summed E-state index contributed by atoms with van der Waals surface area (Å²) in [5.41, 5.74) is 5.56. The van der Waals surface area contributed by atoms with Gasteiger partial charge in [-0.2, -0.15) is 0 Å². The second-order valence-electron chi connectivity index (χ2n) is 6.10. The van der Waals surface area contributed by atoms with Crippen LogP contribution in [0.5, 0.6) is 0 Å². The normalized spacial score (nSPS) is 20.2. The number of nitrogens with zero attached hydrogens (tertiary/aromatic N) is 2. The standard InChI is InChI=1S/C14H28N4O3/c1-10(2)12(18-6-4-17(3)5-7-18)9-16-14(21)11(15)8-13(19)20/h10-12H,4-9,15H2,1-3H3,(H,16,21)(H,19,20). The molecule has 0 radical (unpaired) electrons. The smallest absolute Gasteiger partial charge is 0.305 e. The van der Waals surface area contributed by atoms with Crippen LogP contribution in [0, 0.1) is 5.92 Å². The molecule has 1 aliphatic rings. The molecular formula is C14H28N4O3. The Bertz CT molecular complexity index is 354. The van der Waals surface area contributed by atoms with E-state index in [-0.39, 0.29) is 12.5 Å². The third kappa shape index (κ3) is 5.99. The largest absolute Gasteiger partial charge is 0.481 e. The first-order valence-electron chi connectivity index (χ1n) is 7.49. The highest BCUT2D eigenvalue weighted by atomic mass is 16.4. The van der Waals surface area contributed by atoms with Crippen LogP contribution < -0.4 is 11.1 Å². The lowest BCUT2D eigenvalue weighted by Gasteiger charge is -2.40. The van der Waals surface area contributed by atoms with Crippen LogP contribution in [-0.2, 0) is 9.59 Å². The number of piperazine rings is 1. The second-order valence-corrected chi connectivity index (χ2v) is 6.10. The van der Waals surface area contributed by atoms with Crippen molar-refractivity contribution in [2.45, 2.75) is 32.4 Å². The van der Waals surface area contributed by atoms with Gasteiger partial charge in [-0.3, -0.25) is 14.5 Å². The Morgan fingerprint density at radius 1 is 1.24 bits per heavy atom. The SMILES string of the molecule is CC(C)C(CNC(=O)C(N)CC(=O)O)N1CCN(C)CC1. The summed E-state index contributed by atoms with van der Waals surface area (Å²) in [6.45, 7) is 8.78. The van der Waals surface area contributed by atoms with Gasteiger partial charge >= 0.3 is 5.97 Å². The van der Waals surface area contributed by atoms with Crippen molar-refractivity contribution in [1.82, 2.24) is 15.1 Å². The van der Waals surface area contributed by atoms with Crippen LogP contribution in [0.1, 0.15) is 20.3 Å². The number of hydrogen-bond acceptors (Lipinski definition) is 5. The average molecular weight is 300 g/mol. The van der Waals surface area contributed by atoms with Crippen LogP contribution in [0.25, 0.3) is 0 Å². The maximum Gasteiger partial charge on any atom is 0.305 e. The summed E-state index contributed by atoms with van der Waals surface area (Å²) in [6, 6.07) is -0.734. The number of likely N-dealkylation sites (N-methyl/N-ethyl adjacent to an activating group) is 1. The Kier molecular flexibility index (Phi) is 7.07. The molecule has 7 heteroatoms. The predicted octanol–water partition coefficient (Wildman–Crippen LogP) is -0.823. The van der Waals surface area contributed by atoms with Gasteiger partial charge in [-0.25, -0.2) is 0 Å². The third-order valence-corrected chi connectivity index (χ3v) is 3.99. The fourth-order valence-electron chi connectivity index (χ4n) is 2.56. The summed E-state index contributed by atoms with van der Waals surface area (Å²) in [5, 5.41) is 11.4. The highest BCUT2D eigenvalue weighted by Crippen LogP contribution is 2.12. The lowest BCUT2D eigenvalue weighted by Crippen LogP contribution is -2.55. The zero-order valence-corrected chi connectivity index (χ0v) is 13.2. The summed E-state index contributed by atoms with van der Waals surface area (Å²) in [4.78, 5) is 27.0. The highest BCUT2D eigenvalue weighted by molar-refractivity contribution is 5.85. The molecule has 0 spiro atoms. The topological polar surface area (TPSA) is 98.9 Å². The van der Waals surface area contributed by atoms with Crippen LogP contribution in [0.3, 0.4) is 0 Å². The number of carboxylic acid groups (broad SMARTS) is 1. The van der Waals surface area contributed by atoms with Crippen molar-refractivity contribution in [2.24, 2.45) is 11.7 Å². The van der Waals surface area contributed by atoms with Crippen LogP contribution in [0.15, 0.2) is 0 Å². The average Bonchev–Trinajstić information content (AvgIpc) is 2.39. The van der Waals surface area contributed by atoms with E-state index in [0.717, 1.165) is 26.2 Å². The Balaban J connectivity index is 2.48. The van der Waals surface area contributed by atoms with Crippen molar-refractivity contribution in [3.05, 3.63) is 0 Å². The number of nitrogens with two attached hydrogens (primary N) is 1. The number of amides is 1. The van der Waals surface area contributed by atoms with E-state index < -0.39 is 17.9 Å². The lowest BCUT2D eigenvalue weighted by molar-refractivity contribution is -0.139. The van der Waals surface area contributed by atoms with E-state index in [0.29, 0.717) is 12.5 Å². The Morgan fingerprint density at radius 2 is 1.81 bits per heavy atom. The molecule has 0 saturated carbocycles. The zero-order valence-electron chi connectivity index (χ0n) is 13.2. The molecule has 4 N–H and O–H groups in total. The first-order valence-corrected chi connectivity index (χ1v) is 7.49.